The molecule has 14 nitrogen and oxygen atoms in total. The highest BCUT2D eigenvalue weighted by Gasteiger charge is 2.26. The van der Waals surface area contributed by atoms with Gasteiger partial charge in [0.1, 0.15) is 24.7 Å². The van der Waals surface area contributed by atoms with Gasteiger partial charge in [-0.05, 0) is 24.3 Å². The van der Waals surface area contributed by atoms with Crippen LogP contribution in [0.4, 0.5) is 4.39 Å². The first-order valence-corrected chi connectivity index (χ1v) is 17.5. The van der Waals surface area contributed by atoms with Gasteiger partial charge < -0.3 is 29.4 Å². The third-order valence-electron chi connectivity index (χ3n) is 6.18. The Labute approximate surface area is 225 Å². The Bertz CT molecular complexity index is 1220. The topological polar surface area (TPSA) is 198 Å². The number of hydrogen-bond acceptors (Lipinski definition) is 8. The van der Waals surface area contributed by atoms with Gasteiger partial charge in [0.15, 0.2) is 0 Å². The molecule has 1 aliphatic rings. The molecule has 0 radical (unpaired) electrons. The normalized spacial score (nSPS) is 19.2. The van der Waals surface area contributed by atoms with E-state index < -0.39 is 41.6 Å². The first-order valence-electron chi connectivity index (χ1n) is 12.1. The van der Waals surface area contributed by atoms with Gasteiger partial charge in [-0.1, -0.05) is 6.07 Å². The first-order chi connectivity index (χ1) is 18.0. The third-order valence-corrected chi connectivity index (χ3v) is 8.48. The van der Waals surface area contributed by atoms with Crippen LogP contribution < -0.4 is 0 Å². The highest BCUT2D eigenvalue weighted by Crippen LogP contribution is 2.37. The Kier molecular flexibility index (Phi) is 11.3. The molecular weight excluding hydrogens is 578 g/mol. The Balaban J connectivity index is 1.83. The zero-order chi connectivity index (χ0) is 28.8. The zero-order valence-corrected chi connectivity index (χ0v) is 23.9. The van der Waals surface area contributed by atoms with Crippen molar-refractivity contribution < 1.29 is 47.4 Å². The van der Waals surface area contributed by atoms with Gasteiger partial charge in [0, 0.05) is 64.3 Å². The highest BCUT2D eigenvalue weighted by atomic mass is 31.2. The van der Waals surface area contributed by atoms with Crippen LogP contribution in [0.2, 0.25) is 0 Å². The van der Waals surface area contributed by atoms with Crippen LogP contribution in [0.5, 0.6) is 0 Å². The van der Waals surface area contributed by atoms with E-state index in [1.54, 1.807) is 18.2 Å². The van der Waals surface area contributed by atoms with Crippen molar-refractivity contribution in [3.63, 3.8) is 0 Å². The summed E-state index contributed by atoms with van der Waals surface area (Å²) in [6.45, 7) is 1.78. The standard InChI is InChI=1S/C21H35FN5O9P3/c22-19-2-4-21-18(13-19)1-3-20(23-21)14-24-5-7-25(15-37(28,29)30)9-11-27(17-39(34,35)36)12-10-26(8-6-24)16-38(31,32)33/h1-4,13H,5-12,14-17H2,(H2,28,29,30)(H2,31,32,33)(H2,34,35,36). The van der Waals surface area contributed by atoms with Gasteiger partial charge in [0.2, 0.25) is 0 Å². The van der Waals surface area contributed by atoms with E-state index in [2.05, 4.69) is 4.98 Å². The lowest BCUT2D eigenvalue weighted by atomic mass is 10.2. The molecule has 0 atom stereocenters. The maximum Gasteiger partial charge on any atom is 0.339 e. The fourth-order valence-corrected chi connectivity index (χ4v) is 6.81. The molecule has 2 heterocycles. The van der Waals surface area contributed by atoms with Crippen molar-refractivity contribution in [3.05, 3.63) is 41.8 Å². The van der Waals surface area contributed by atoms with E-state index >= 15 is 0 Å². The molecule has 39 heavy (non-hydrogen) atoms. The number of nitrogens with zero attached hydrogens (tertiary/aromatic N) is 5. The van der Waals surface area contributed by atoms with Crippen LogP contribution in [0.3, 0.4) is 0 Å². The molecule has 0 unspecified atom stereocenters. The smallest absolute Gasteiger partial charge is 0.324 e. The lowest BCUT2D eigenvalue weighted by Crippen LogP contribution is -2.46. The number of pyridine rings is 1. The number of halogens is 1. The van der Waals surface area contributed by atoms with Crippen LogP contribution in [-0.4, -0.2) is 125 Å². The van der Waals surface area contributed by atoms with Gasteiger partial charge in [0.25, 0.3) is 0 Å². The molecule has 2 aromatic rings. The van der Waals surface area contributed by atoms with E-state index in [-0.39, 0.29) is 45.1 Å². The fraction of sp³-hybridized carbons (Fsp3) is 0.571. The Morgan fingerprint density at radius 3 is 1.46 bits per heavy atom. The summed E-state index contributed by atoms with van der Waals surface area (Å²) >= 11 is 0. The van der Waals surface area contributed by atoms with Crippen molar-refractivity contribution in [3.8, 4) is 0 Å². The van der Waals surface area contributed by atoms with Crippen LogP contribution in [0.15, 0.2) is 30.3 Å². The van der Waals surface area contributed by atoms with Gasteiger partial charge in [-0.2, -0.15) is 0 Å². The second-order valence-electron chi connectivity index (χ2n) is 9.69. The van der Waals surface area contributed by atoms with Crippen LogP contribution in [-0.2, 0) is 20.2 Å². The van der Waals surface area contributed by atoms with Crippen LogP contribution >= 0.6 is 22.8 Å². The Hall–Kier alpha value is -1.15. The first kappa shape index (κ1) is 32.4. The minimum absolute atomic E-state index is 0.0810. The third kappa shape index (κ3) is 12.5. The van der Waals surface area contributed by atoms with Crippen molar-refractivity contribution in [1.82, 2.24) is 24.6 Å². The van der Waals surface area contributed by atoms with Gasteiger partial charge >= 0.3 is 22.8 Å². The van der Waals surface area contributed by atoms with Gasteiger partial charge in [-0.3, -0.25) is 38.3 Å². The van der Waals surface area contributed by atoms with E-state index in [1.165, 1.54) is 26.8 Å². The number of benzene rings is 1. The zero-order valence-electron chi connectivity index (χ0n) is 21.2. The quantitative estimate of drug-likeness (QED) is 0.225. The molecule has 1 aliphatic heterocycles. The summed E-state index contributed by atoms with van der Waals surface area (Å²) in [5, 5.41) is 0.632. The van der Waals surface area contributed by atoms with E-state index in [0.29, 0.717) is 36.2 Å². The predicted molar refractivity (Wildman–Crippen MR) is 142 cm³/mol. The van der Waals surface area contributed by atoms with Crippen LogP contribution in [0.1, 0.15) is 5.69 Å². The molecule has 0 aliphatic carbocycles. The molecule has 0 bridgehead atoms. The lowest BCUT2D eigenvalue weighted by molar-refractivity contribution is 0.142. The maximum absolute atomic E-state index is 13.5. The number of hydrogen-bond donors (Lipinski definition) is 6. The summed E-state index contributed by atoms with van der Waals surface area (Å²) in [7, 11) is -13.3. The summed E-state index contributed by atoms with van der Waals surface area (Å²) in [5.41, 5.74) is 1.26. The molecule has 0 spiro atoms. The molecule has 1 aromatic carbocycles. The van der Waals surface area contributed by atoms with Crippen molar-refractivity contribution in [2.45, 2.75) is 6.54 Å². The largest absolute Gasteiger partial charge is 0.339 e. The molecule has 1 fully saturated rings. The van der Waals surface area contributed by atoms with E-state index in [4.69, 9.17) is 0 Å². The van der Waals surface area contributed by atoms with Crippen molar-refractivity contribution in [2.24, 2.45) is 0 Å². The molecule has 0 amide bonds. The van der Waals surface area contributed by atoms with Crippen molar-refractivity contribution in [2.75, 3.05) is 71.2 Å². The number of rotatable bonds is 8. The van der Waals surface area contributed by atoms with E-state index in [9.17, 15) is 47.4 Å². The van der Waals surface area contributed by atoms with Crippen molar-refractivity contribution in [1.29, 1.82) is 0 Å². The minimum Gasteiger partial charge on any atom is -0.324 e. The van der Waals surface area contributed by atoms with Gasteiger partial charge in [-0.25, -0.2) is 4.39 Å². The highest BCUT2D eigenvalue weighted by molar-refractivity contribution is 7.52. The molecule has 220 valence electrons. The molecule has 1 aromatic heterocycles. The van der Waals surface area contributed by atoms with Gasteiger partial charge in [0.05, 0.1) is 11.2 Å². The SMILES string of the molecule is O=P(O)(O)CN1CCN(Cc2ccc3cc(F)ccc3n2)CCN(CP(=O)(O)O)CCN(CP(=O)(O)O)CC1. The monoisotopic (exact) mass is 613 g/mol. The summed E-state index contributed by atoms with van der Waals surface area (Å²) in [5.74, 6) is -0.380. The van der Waals surface area contributed by atoms with E-state index in [0.717, 1.165) is 0 Å². The Morgan fingerprint density at radius 2 is 1.05 bits per heavy atom. The average Bonchev–Trinajstić information content (AvgIpc) is 2.78. The predicted octanol–water partition coefficient (Wildman–Crippen LogP) is 0.501. The molecule has 3 rings (SSSR count). The molecule has 0 saturated carbocycles. The second-order valence-corrected chi connectivity index (χ2v) is 14.5. The summed E-state index contributed by atoms with van der Waals surface area (Å²) in [6, 6.07) is 7.74. The maximum atomic E-state index is 13.5. The summed E-state index contributed by atoms with van der Waals surface area (Å²) in [4.78, 5) is 68.3. The summed E-state index contributed by atoms with van der Waals surface area (Å²) in [6.07, 6.45) is -1.66. The Morgan fingerprint density at radius 1 is 0.641 bits per heavy atom. The summed E-state index contributed by atoms with van der Waals surface area (Å²) < 4.78 is 48.7. The minimum atomic E-state index is -4.46. The van der Waals surface area contributed by atoms with Gasteiger partial charge in [-0.15, -0.1) is 0 Å². The molecule has 18 heteroatoms. The molecule has 6 N–H and O–H groups in total. The lowest BCUT2D eigenvalue weighted by Gasteiger charge is -2.34. The second kappa shape index (κ2) is 13.7. The number of fused-ring (bicyclic) bond motifs is 1. The number of aromatic nitrogens is 1. The van der Waals surface area contributed by atoms with Crippen molar-refractivity contribution >= 4 is 33.7 Å². The van der Waals surface area contributed by atoms with Crippen LogP contribution in [0, 0.1) is 5.82 Å². The van der Waals surface area contributed by atoms with E-state index in [1.807, 2.05) is 4.90 Å². The van der Waals surface area contributed by atoms with Crippen LogP contribution in [0.25, 0.3) is 10.9 Å². The average molecular weight is 613 g/mol. The molecule has 1 saturated heterocycles. The fourth-order valence-electron chi connectivity index (χ4n) is 4.40. The molecular formula is C21H35FN5O9P3.